The molecule has 26 heavy (non-hydrogen) atoms. The van der Waals surface area contributed by atoms with Gasteiger partial charge in [0.25, 0.3) is 0 Å². The summed E-state index contributed by atoms with van der Waals surface area (Å²) < 4.78 is 37.6. The minimum atomic E-state index is -3.10. The molecule has 1 atom stereocenters. The Hall–Kier alpha value is -1.45. The Morgan fingerprint density at radius 2 is 1.92 bits per heavy atom. The Morgan fingerprint density at radius 1 is 1.27 bits per heavy atom. The standard InChI is InChI=1S/C17H28N4O3S2/c1-3-26(23,24)21-12-9-15(10-13-21)20-17(18-2)19-11-14-25(22)16-7-5-4-6-8-16/h4-8,15H,3,9-14H2,1-2H3,(H2,18,19,20). The summed E-state index contributed by atoms with van der Waals surface area (Å²) in [5, 5.41) is 6.51. The van der Waals surface area contributed by atoms with Crippen molar-refractivity contribution in [2.24, 2.45) is 4.99 Å². The summed E-state index contributed by atoms with van der Waals surface area (Å²) in [5.41, 5.74) is 0. The van der Waals surface area contributed by atoms with Crippen molar-refractivity contribution in [1.82, 2.24) is 14.9 Å². The molecule has 1 fully saturated rings. The maximum Gasteiger partial charge on any atom is 0.213 e. The molecule has 1 aromatic rings. The van der Waals surface area contributed by atoms with Crippen molar-refractivity contribution in [2.45, 2.75) is 30.7 Å². The molecular formula is C17H28N4O3S2. The van der Waals surface area contributed by atoms with E-state index in [9.17, 15) is 12.6 Å². The Kier molecular flexibility index (Phi) is 8.05. The highest BCUT2D eigenvalue weighted by molar-refractivity contribution is 7.89. The molecular weight excluding hydrogens is 372 g/mol. The summed E-state index contributed by atoms with van der Waals surface area (Å²) in [4.78, 5) is 5.02. The molecule has 1 unspecified atom stereocenters. The van der Waals surface area contributed by atoms with Gasteiger partial charge in [0.05, 0.1) is 16.6 Å². The van der Waals surface area contributed by atoms with Crippen LogP contribution in [0.2, 0.25) is 0 Å². The summed E-state index contributed by atoms with van der Waals surface area (Å²) in [7, 11) is -2.45. The molecule has 0 aromatic heterocycles. The molecule has 146 valence electrons. The van der Waals surface area contributed by atoms with E-state index >= 15 is 0 Å². The first kappa shape index (κ1) is 20.9. The van der Waals surface area contributed by atoms with Crippen LogP contribution >= 0.6 is 0 Å². The lowest BCUT2D eigenvalue weighted by Gasteiger charge is -2.32. The highest BCUT2D eigenvalue weighted by Gasteiger charge is 2.26. The van der Waals surface area contributed by atoms with Gasteiger partial charge >= 0.3 is 0 Å². The Bertz CT molecular complexity index is 715. The van der Waals surface area contributed by atoms with Crippen LogP contribution in [-0.2, 0) is 20.8 Å². The highest BCUT2D eigenvalue weighted by Crippen LogP contribution is 2.14. The number of rotatable bonds is 7. The predicted octanol–water partition coefficient (Wildman–Crippen LogP) is 0.773. The van der Waals surface area contributed by atoms with Gasteiger partial charge in [-0.2, -0.15) is 0 Å². The first-order valence-corrected chi connectivity index (χ1v) is 11.8. The van der Waals surface area contributed by atoms with E-state index in [0.717, 1.165) is 17.7 Å². The average molecular weight is 401 g/mol. The first-order valence-electron chi connectivity index (χ1n) is 8.84. The van der Waals surface area contributed by atoms with Crippen molar-refractivity contribution in [1.29, 1.82) is 0 Å². The van der Waals surface area contributed by atoms with Gasteiger partial charge in [-0.05, 0) is 31.9 Å². The van der Waals surface area contributed by atoms with Crippen LogP contribution in [0.15, 0.2) is 40.2 Å². The van der Waals surface area contributed by atoms with Gasteiger partial charge in [-0.15, -0.1) is 0 Å². The molecule has 1 aliphatic rings. The molecule has 7 nitrogen and oxygen atoms in total. The normalized spacial score (nSPS) is 18.5. The summed E-state index contributed by atoms with van der Waals surface area (Å²) in [5.74, 6) is 1.30. The third kappa shape index (κ3) is 6.07. The van der Waals surface area contributed by atoms with Gasteiger partial charge in [-0.1, -0.05) is 18.2 Å². The lowest BCUT2D eigenvalue weighted by atomic mass is 10.1. The minimum absolute atomic E-state index is 0.146. The number of aliphatic imine (C=N–C) groups is 1. The van der Waals surface area contributed by atoms with E-state index < -0.39 is 20.8 Å². The highest BCUT2D eigenvalue weighted by atomic mass is 32.2. The van der Waals surface area contributed by atoms with Crippen LogP contribution in [0.3, 0.4) is 0 Å². The first-order chi connectivity index (χ1) is 12.5. The van der Waals surface area contributed by atoms with Gasteiger partial charge in [0, 0.05) is 43.4 Å². The van der Waals surface area contributed by atoms with Crippen LogP contribution in [0.1, 0.15) is 19.8 Å². The average Bonchev–Trinajstić information content (AvgIpc) is 2.68. The molecule has 2 N–H and O–H groups in total. The number of sulfonamides is 1. The van der Waals surface area contributed by atoms with Crippen molar-refractivity contribution in [3.05, 3.63) is 30.3 Å². The Morgan fingerprint density at radius 3 is 2.50 bits per heavy atom. The summed E-state index contributed by atoms with van der Waals surface area (Å²) in [6, 6.07) is 9.58. The maximum absolute atomic E-state index is 12.2. The molecule has 0 aliphatic carbocycles. The van der Waals surface area contributed by atoms with Gasteiger partial charge in [0.1, 0.15) is 0 Å². The quantitative estimate of drug-likeness (QED) is 0.521. The van der Waals surface area contributed by atoms with Gasteiger partial charge < -0.3 is 10.6 Å². The number of hydrogen-bond donors (Lipinski definition) is 2. The third-order valence-electron chi connectivity index (χ3n) is 4.36. The fraction of sp³-hybridized carbons (Fsp3) is 0.588. The van der Waals surface area contributed by atoms with Gasteiger partial charge in [0.15, 0.2) is 5.96 Å². The molecule has 1 saturated heterocycles. The zero-order chi connectivity index (χ0) is 19.0. The maximum atomic E-state index is 12.2. The van der Waals surface area contributed by atoms with Crippen LogP contribution in [0, 0.1) is 0 Å². The largest absolute Gasteiger partial charge is 0.355 e. The second-order valence-corrected chi connectivity index (χ2v) is 9.91. The van der Waals surface area contributed by atoms with Crippen LogP contribution in [0.4, 0.5) is 0 Å². The molecule has 0 amide bonds. The monoisotopic (exact) mass is 400 g/mol. The third-order valence-corrected chi connectivity index (χ3v) is 7.62. The second-order valence-electron chi connectivity index (χ2n) is 6.08. The molecule has 1 heterocycles. The SMILES string of the molecule is CCS(=O)(=O)N1CCC(NC(=NC)NCCS(=O)c2ccccc2)CC1. The number of benzene rings is 1. The molecule has 0 spiro atoms. The number of piperidine rings is 1. The molecule has 1 aromatic carbocycles. The van der Waals surface area contributed by atoms with E-state index in [1.807, 2.05) is 30.3 Å². The molecule has 0 saturated carbocycles. The minimum Gasteiger partial charge on any atom is -0.355 e. The van der Waals surface area contributed by atoms with Crippen molar-refractivity contribution in [2.75, 3.05) is 38.2 Å². The van der Waals surface area contributed by atoms with Crippen molar-refractivity contribution < 1.29 is 12.6 Å². The van der Waals surface area contributed by atoms with Gasteiger partial charge in [0.2, 0.25) is 10.0 Å². The van der Waals surface area contributed by atoms with E-state index in [1.54, 1.807) is 18.3 Å². The number of guanidine groups is 1. The van der Waals surface area contributed by atoms with E-state index in [2.05, 4.69) is 15.6 Å². The molecule has 2 rings (SSSR count). The van der Waals surface area contributed by atoms with Crippen LogP contribution in [0.5, 0.6) is 0 Å². The van der Waals surface area contributed by atoms with Crippen LogP contribution in [0.25, 0.3) is 0 Å². The van der Waals surface area contributed by atoms with Gasteiger partial charge in [-0.3, -0.25) is 9.20 Å². The molecule has 1 aliphatic heterocycles. The van der Waals surface area contributed by atoms with E-state index in [4.69, 9.17) is 0 Å². The number of nitrogens with one attached hydrogen (secondary N) is 2. The zero-order valence-corrected chi connectivity index (χ0v) is 17.0. The predicted molar refractivity (Wildman–Crippen MR) is 106 cm³/mol. The lowest BCUT2D eigenvalue weighted by molar-refractivity contribution is 0.306. The summed E-state index contributed by atoms with van der Waals surface area (Å²) >= 11 is 0. The molecule has 0 radical (unpaired) electrons. The smallest absolute Gasteiger partial charge is 0.213 e. The Balaban J connectivity index is 1.74. The molecule has 0 bridgehead atoms. The lowest BCUT2D eigenvalue weighted by Crippen LogP contribution is -2.50. The van der Waals surface area contributed by atoms with Crippen molar-refractivity contribution >= 4 is 26.8 Å². The molecule has 9 heteroatoms. The zero-order valence-electron chi connectivity index (χ0n) is 15.3. The topological polar surface area (TPSA) is 90.9 Å². The second kappa shape index (κ2) is 10.0. The Labute approximate surface area is 158 Å². The fourth-order valence-corrected chi connectivity index (χ4v) is 4.92. The van der Waals surface area contributed by atoms with E-state index in [1.165, 1.54) is 0 Å². The van der Waals surface area contributed by atoms with Crippen LogP contribution in [-0.4, -0.2) is 67.1 Å². The summed E-state index contributed by atoms with van der Waals surface area (Å²) in [6.45, 7) is 3.28. The summed E-state index contributed by atoms with van der Waals surface area (Å²) in [6.07, 6.45) is 1.49. The van der Waals surface area contributed by atoms with E-state index in [0.29, 0.717) is 31.3 Å². The van der Waals surface area contributed by atoms with Crippen molar-refractivity contribution in [3.8, 4) is 0 Å². The van der Waals surface area contributed by atoms with E-state index in [-0.39, 0.29) is 11.8 Å². The van der Waals surface area contributed by atoms with Gasteiger partial charge in [-0.25, -0.2) is 12.7 Å². The van der Waals surface area contributed by atoms with Crippen molar-refractivity contribution in [3.63, 3.8) is 0 Å². The number of hydrogen-bond acceptors (Lipinski definition) is 4. The number of nitrogens with zero attached hydrogens (tertiary/aromatic N) is 2. The van der Waals surface area contributed by atoms with Crippen LogP contribution < -0.4 is 10.6 Å². The fourth-order valence-electron chi connectivity index (χ4n) is 2.80.